The lowest BCUT2D eigenvalue weighted by Crippen LogP contribution is -2.44. The first-order chi connectivity index (χ1) is 16.0. The van der Waals surface area contributed by atoms with Crippen molar-refractivity contribution in [2.45, 2.75) is 46.1 Å². The van der Waals surface area contributed by atoms with Crippen LogP contribution in [0.5, 0.6) is 0 Å². The van der Waals surface area contributed by atoms with Crippen molar-refractivity contribution < 1.29 is 14.3 Å². The van der Waals surface area contributed by atoms with Gasteiger partial charge in [0.2, 0.25) is 0 Å². The van der Waals surface area contributed by atoms with Crippen LogP contribution >= 0.6 is 0 Å². The molecule has 1 fully saturated rings. The van der Waals surface area contributed by atoms with Gasteiger partial charge in [0.05, 0.1) is 30.8 Å². The van der Waals surface area contributed by atoms with E-state index in [1.807, 2.05) is 25.1 Å². The number of ether oxygens (including phenoxy) is 1. The van der Waals surface area contributed by atoms with Crippen molar-refractivity contribution in [1.82, 2.24) is 9.91 Å². The summed E-state index contributed by atoms with van der Waals surface area (Å²) in [6, 6.07) is 16.3. The number of carbonyl (C=O) groups excluding carboxylic acids is 2. The van der Waals surface area contributed by atoms with Crippen LogP contribution < -0.4 is 0 Å². The van der Waals surface area contributed by atoms with Crippen molar-refractivity contribution in [2.24, 2.45) is 11.0 Å². The molecule has 0 radical (unpaired) electrons. The van der Waals surface area contributed by atoms with Crippen LogP contribution in [0.1, 0.15) is 54.5 Å². The van der Waals surface area contributed by atoms with Crippen molar-refractivity contribution in [2.75, 3.05) is 26.2 Å². The predicted molar refractivity (Wildman–Crippen MR) is 129 cm³/mol. The average Bonchev–Trinajstić information content (AvgIpc) is 3.27. The summed E-state index contributed by atoms with van der Waals surface area (Å²) in [5, 5.41) is 6.52. The number of hydrogen-bond donors (Lipinski definition) is 0. The van der Waals surface area contributed by atoms with Gasteiger partial charge in [-0.1, -0.05) is 48.0 Å². The fraction of sp³-hybridized carbons (Fsp3) is 0.444. The Hall–Kier alpha value is -2.99. The molecule has 6 nitrogen and oxygen atoms in total. The largest absolute Gasteiger partial charge is 0.466 e. The third-order valence-corrected chi connectivity index (χ3v) is 6.54. The molecule has 174 valence electrons. The van der Waals surface area contributed by atoms with Crippen LogP contribution in [0, 0.1) is 19.8 Å². The van der Waals surface area contributed by atoms with E-state index in [0.717, 1.165) is 41.8 Å². The van der Waals surface area contributed by atoms with Crippen molar-refractivity contribution >= 4 is 17.6 Å². The molecule has 1 amide bonds. The van der Waals surface area contributed by atoms with Gasteiger partial charge in [0.1, 0.15) is 0 Å². The van der Waals surface area contributed by atoms with Gasteiger partial charge < -0.3 is 4.74 Å². The number of nitrogens with zero attached hydrogens (tertiary/aromatic N) is 3. The maximum atomic E-state index is 13.5. The Morgan fingerprint density at radius 2 is 1.91 bits per heavy atom. The van der Waals surface area contributed by atoms with Crippen LogP contribution in [0.25, 0.3) is 0 Å². The summed E-state index contributed by atoms with van der Waals surface area (Å²) in [4.78, 5) is 27.8. The maximum absolute atomic E-state index is 13.5. The molecular weight excluding hydrogens is 414 g/mol. The fourth-order valence-electron chi connectivity index (χ4n) is 4.80. The lowest BCUT2D eigenvalue weighted by atomic mass is 9.95. The van der Waals surface area contributed by atoms with Gasteiger partial charge in [0.25, 0.3) is 5.91 Å². The van der Waals surface area contributed by atoms with Gasteiger partial charge in [-0.15, -0.1) is 0 Å². The minimum atomic E-state index is -0.163. The number of aryl methyl sites for hydroxylation is 2. The molecule has 0 saturated carbocycles. The molecule has 0 bridgehead atoms. The molecule has 0 N–H and O–H groups in total. The Labute approximate surface area is 196 Å². The van der Waals surface area contributed by atoms with E-state index in [-0.39, 0.29) is 30.4 Å². The number of likely N-dealkylation sites (tertiary alicyclic amines) is 1. The number of piperidine rings is 1. The van der Waals surface area contributed by atoms with Gasteiger partial charge in [-0.3, -0.25) is 14.5 Å². The second-order valence-corrected chi connectivity index (χ2v) is 9.06. The molecule has 33 heavy (non-hydrogen) atoms. The minimum Gasteiger partial charge on any atom is -0.466 e. The van der Waals surface area contributed by atoms with E-state index in [2.05, 4.69) is 49.1 Å². The molecule has 0 spiro atoms. The number of carbonyl (C=O) groups is 2. The minimum absolute atomic E-state index is 0.0336. The van der Waals surface area contributed by atoms with Gasteiger partial charge in [-0.25, -0.2) is 5.01 Å². The molecule has 2 atom stereocenters. The van der Waals surface area contributed by atoms with Crippen LogP contribution in [0.2, 0.25) is 0 Å². The molecule has 0 aliphatic carbocycles. The zero-order valence-electron chi connectivity index (χ0n) is 19.8. The van der Waals surface area contributed by atoms with Crippen molar-refractivity contribution in [3.63, 3.8) is 0 Å². The van der Waals surface area contributed by atoms with Crippen molar-refractivity contribution in [3.05, 3.63) is 70.8 Å². The Morgan fingerprint density at radius 3 is 2.67 bits per heavy atom. The number of benzene rings is 2. The van der Waals surface area contributed by atoms with Crippen LogP contribution in [-0.4, -0.2) is 53.7 Å². The summed E-state index contributed by atoms with van der Waals surface area (Å²) in [5.41, 5.74) is 5.47. The van der Waals surface area contributed by atoms with Crippen molar-refractivity contribution in [3.8, 4) is 0 Å². The molecule has 6 heteroatoms. The highest BCUT2D eigenvalue weighted by Gasteiger charge is 2.35. The van der Waals surface area contributed by atoms with Crippen LogP contribution in [0.4, 0.5) is 0 Å². The molecule has 2 aromatic rings. The first kappa shape index (κ1) is 23.2. The highest BCUT2D eigenvalue weighted by molar-refractivity contribution is 6.04. The Balaban J connectivity index is 1.55. The summed E-state index contributed by atoms with van der Waals surface area (Å²) < 4.78 is 5.21. The van der Waals surface area contributed by atoms with E-state index >= 15 is 0 Å². The molecule has 1 saturated heterocycles. The fourth-order valence-corrected chi connectivity index (χ4v) is 4.80. The number of hydrogen-bond acceptors (Lipinski definition) is 5. The highest BCUT2D eigenvalue weighted by Crippen LogP contribution is 2.34. The van der Waals surface area contributed by atoms with E-state index in [1.54, 1.807) is 5.01 Å². The van der Waals surface area contributed by atoms with Crippen LogP contribution in [0.3, 0.4) is 0 Å². The van der Waals surface area contributed by atoms with Gasteiger partial charge in [0.15, 0.2) is 0 Å². The lowest BCUT2D eigenvalue weighted by molar-refractivity contribution is -0.150. The molecule has 4 rings (SSSR count). The first-order valence-electron chi connectivity index (χ1n) is 11.9. The Bertz CT molecular complexity index is 1030. The summed E-state index contributed by atoms with van der Waals surface area (Å²) >= 11 is 0. The summed E-state index contributed by atoms with van der Waals surface area (Å²) in [7, 11) is 0. The monoisotopic (exact) mass is 447 g/mol. The lowest BCUT2D eigenvalue weighted by Gasteiger charge is -2.32. The van der Waals surface area contributed by atoms with Gasteiger partial charge in [0, 0.05) is 18.5 Å². The third-order valence-electron chi connectivity index (χ3n) is 6.54. The normalized spacial score (nSPS) is 21.1. The smallest absolute Gasteiger partial charge is 0.310 e. The SMILES string of the molecule is CCOC(=O)[C@@H]1CCCN(CC(=O)N2N=C(c3cc(C)ccc3C)C[C@H]2c2ccccc2)C1. The quantitative estimate of drug-likeness (QED) is 0.621. The second kappa shape index (κ2) is 10.3. The first-order valence-corrected chi connectivity index (χ1v) is 11.9. The topological polar surface area (TPSA) is 62.2 Å². The number of esters is 1. The number of hydrazone groups is 1. The molecular formula is C27H33N3O3. The van der Waals surface area contributed by atoms with E-state index in [9.17, 15) is 9.59 Å². The molecule has 2 aliphatic rings. The molecule has 2 aliphatic heterocycles. The highest BCUT2D eigenvalue weighted by atomic mass is 16.5. The zero-order valence-corrected chi connectivity index (χ0v) is 19.8. The average molecular weight is 448 g/mol. The zero-order chi connectivity index (χ0) is 23.4. The predicted octanol–water partition coefficient (Wildman–Crippen LogP) is 4.26. The van der Waals surface area contributed by atoms with Gasteiger partial charge >= 0.3 is 5.97 Å². The van der Waals surface area contributed by atoms with E-state index in [4.69, 9.17) is 9.84 Å². The Kier molecular flexibility index (Phi) is 7.23. The summed E-state index contributed by atoms with van der Waals surface area (Å²) in [6.07, 6.45) is 2.39. The van der Waals surface area contributed by atoms with Gasteiger partial charge in [-0.2, -0.15) is 5.10 Å². The number of rotatable bonds is 6. The number of amides is 1. The van der Waals surface area contributed by atoms with E-state index in [0.29, 0.717) is 19.6 Å². The van der Waals surface area contributed by atoms with Crippen LogP contribution in [-0.2, 0) is 14.3 Å². The molecule has 0 aromatic heterocycles. The third kappa shape index (κ3) is 5.33. The molecule has 0 unspecified atom stereocenters. The van der Waals surface area contributed by atoms with E-state index in [1.165, 1.54) is 5.56 Å². The summed E-state index contributed by atoms with van der Waals surface area (Å²) in [6.45, 7) is 7.99. The van der Waals surface area contributed by atoms with Crippen LogP contribution in [0.15, 0.2) is 53.6 Å². The maximum Gasteiger partial charge on any atom is 0.310 e. The standard InChI is InChI=1S/C27H33N3O3/c1-4-33-27(32)22-11-8-14-29(17-22)18-26(31)30-25(21-9-6-5-7-10-21)16-24(28-30)23-15-19(2)12-13-20(23)3/h5-7,9-10,12-13,15,22,25H,4,8,11,14,16-18H2,1-3H3/t22-,25+/m1/s1. The Morgan fingerprint density at radius 1 is 1.12 bits per heavy atom. The van der Waals surface area contributed by atoms with E-state index < -0.39 is 0 Å². The van der Waals surface area contributed by atoms with Crippen molar-refractivity contribution in [1.29, 1.82) is 0 Å². The van der Waals surface area contributed by atoms with Gasteiger partial charge in [-0.05, 0) is 57.4 Å². The second-order valence-electron chi connectivity index (χ2n) is 9.06. The summed E-state index contributed by atoms with van der Waals surface area (Å²) in [5.74, 6) is -0.356. The molecule has 2 aromatic carbocycles. The molecule has 2 heterocycles.